The van der Waals surface area contributed by atoms with Crippen LogP contribution in [0.25, 0.3) is 0 Å². The van der Waals surface area contributed by atoms with Crippen LogP contribution in [-0.2, 0) is 19.1 Å². The molecule has 0 aromatic rings. The van der Waals surface area contributed by atoms with Crippen LogP contribution in [-0.4, -0.2) is 25.2 Å². The topological polar surface area (TPSA) is 52.6 Å². The Kier molecular flexibility index (Phi) is 308. The Bertz CT molecular complexity index is 692. The van der Waals surface area contributed by atoms with Crippen LogP contribution in [0.1, 0.15) is 660 Å². The average Bonchev–Trinajstić information content (AvgIpc) is 3.83. The highest BCUT2D eigenvalue weighted by atomic mass is 16.5. The van der Waals surface area contributed by atoms with Crippen molar-refractivity contribution in [3.05, 3.63) is 0 Å². The molecule has 108 heavy (non-hydrogen) atoms. The van der Waals surface area contributed by atoms with Gasteiger partial charge in [0.2, 0.25) is 0 Å². The zero-order chi connectivity index (χ0) is 87.2. The fourth-order valence-electron chi connectivity index (χ4n) is 8.41. The SMILES string of the molecule is CCCCCC.CCCCCC.CCCCCC.CCCCCC.CCCCCC.CCCCCC.CCCCCC.CCCCCC.CCCCCC.CCCCCC.CCCCCC.CCCCCC.CCCCCC.CCCCCC.CCCCCC.CCCCCC.CCOC(C)=O.CCOC(C)=O. The molecule has 0 saturated carbocycles. The van der Waals surface area contributed by atoms with Crippen molar-refractivity contribution in [2.75, 3.05) is 13.2 Å². The molecule has 4 heteroatoms. The average molecular weight is 1560 g/mol. The van der Waals surface area contributed by atoms with E-state index >= 15 is 0 Å². The fraction of sp³-hybridized carbons (Fsp3) is 0.981. The summed E-state index contributed by atoms with van der Waals surface area (Å²) >= 11 is 0. The monoisotopic (exact) mass is 1550 g/mol. The van der Waals surface area contributed by atoms with Crippen molar-refractivity contribution in [1.82, 2.24) is 0 Å². The molecule has 0 rings (SSSR count). The van der Waals surface area contributed by atoms with Gasteiger partial charge in [-0.3, -0.25) is 9.59 Å². The number of carbonyl (C=O) groups excluding carboxylic acids is 2. The van der Waals surface area contributed by atoms with Gasteiger partial charge in [-0.05, 0) is 13.8 Å². The van der Waals surface area contributed by atoms with E-state index < -0.39 is 0 Å². The summed E-state index contributed by atoms with van der Waals surface area (Å²) < 4.78 is 8.81. The van der Waals surface area contributed by atoms with E-state index in [-0.39, 0.29) is 11.9 Å². The van der Waals surface area contributed by atoms with Gasteiger partial charge in [0.05, 0.1) is 13.2 Å². The van der Waals surface area contributed by atoms with E-state index in [4.69, 9.17) is 0 Å². The maximum Gasteiger partial charge on any atom is 0.302 e. The van der Waals surface area contributed by atoms with Gasteiger partial charge in [-0.25, -0.2) is 0 Å². The minimum atomic E-state index is -0.211. The highest BCUT2D eigenvalue weighted by molar-refractivity contribution is 5.66. The third kappa shape index (κ3) is 405. The smallest absolute Gasteiger partial charge is 0.302 e. The van der Waals surface area contributed by atoms with E-state index in [0.29, 0.717) is 13.2 Å². The first-order valence-electron chi connectivity index (χ1n) is 50.4. The van der Waals surface area contributed by atoms with Crippen molar-refractivity contribution in [3.8, 4) is 0 Å². The Morgan fingerprint density at radius 3 is 0.176 bits per heavy atom. The number of hydrogen-bond acceptors (Lipinski definition) is 4. The Balaban J connectivity index is -0.0000000496. The Morgan fingerprint density at radius 2 is 0.167 bits per heavy atom. The quantitative estimate of drug-likeness (QED) is 0.0450. The van der Waals surface area contributed by atoms with E-state index in [2.05, 4.69) is 231 Å². The lowest BCUT2D eigenvalue weighted by Crippen LogP contribution is -1.95. The number of unbranched alkanes of at least 4 members (excludes halogenated alkanes) is 48. The molecule has 0 aliphatic rings. The first kappa shape index (κ1) is 152. The summed E-state index contributed by atoms with van der Waals surface area (Å²) in [7, 11) is 0. The van der Waals surface area contributed by atoms with Crippen molar-refractivity contribution in [3.63, 3.8) is 0 Å². The number of hydrogen-bond donors (Lipinski definition) is 0. The zero-order valence-electron chi connectivity index (χ0n) is 85.3. The van der Waals surface area contributed by atoms with Crippen LogP contribution in [0.3, 0.4) is 0 Å². The third-order valence-corrected chi connectivity index (χ3v) is 16.0. The summed E-state index contributed by atoms with van der Waals surface area (Å²) in [6.07, 6.45) is 88.6. The second-order valence-corrected chi connectivity index (χ2v) is 29.2. The van der Waals surface area contributed by atoms with Gasteiger partial charge in [0.25, 0.3) is 0 Å². The van der Waals surface area contributed by atoms with E-state index in [0.717, 1.165) is 0 Å². The maximum absolute atomic E-state index is 9.82. The summed E-state index contributed by atoms with van der Waals surface area (Å²) in [4.78, 5) is 19.6. The molecule has 0 aliphatic carbocycles. The highest BCUT2D eigenvalue weighted by Gasteiger charge is 1.86. The number of esters is 2. The molecule has 0 aromatic carbocycles. The molecule has 0 radical (unpaired) electrons. The molecule has 680 valence electrons. The minimum Gasteiger partial charge on any atom is -0.466 e. The van der Waals surface area contributed by atoms with Crippen molar-refractivity contribution < 1.29 is 19.1 Å². The molecule has 0 saturated heterocycles. The second kappa shape index (κ2) is 219. The van der Waals surface area contributed by atoms with Crippen LogP contribution in [0, 0.1) is 0 Å². The lowest BCUT2D eigenvalue weighted by Gasteiger charge is -1.89. The van der Waals surface area contributed by atoms with Crippen LogP contribution < -0.4 is 0 Å². The lowest BCUT2D eigenvalue weighted by molar-refractivity contribution is -0.141. The molecule has 0 fully saturated rings. The normalized spacial score (nSPS) is 8.85. The van der Waals surface area contributed by atoms with E-state index in [1.54, 1.807) is 13.8 Å². The van der Waals surface area contributed by atoms with Crippen molar-refractivity contribution >= 4 is 11.9 Å². The molecule has 0 amide bonds. The van der Waals surface area contributed by atoms with Gasteiger partial charge >= 0.3 is 11.9 Å². The van der Waals surface area contributed by atoms with Crippen LogP contribution >= 0.6 is 0 Å². The molecule has 0 heterocycles. The van der Waals surface area contributed by atoms with Crippen LogP contribution in [0.2, 0.25) is 0 Å². The lowest BCUT2D eigenvalue weighted by atomic mass is 10.2. The summed E-state index contributed by atoms with van der Waals surface area (Å²) in [6, 6.07) is 0. The molecule has 0 bridgehead atoms. The molecule has 0 spiro atoms. The van der Waals surface area contributed by atoms with Crippen molar-refractivity contribution in [2.24, 2.45) is 0 Å². The summed E-state index contributed by atoms with van der Waals surface area (Å²) in [5, 5.41) is 0. The number of rotatable bonds is 50. The van der Waals surface area contributed by atoms with E-state index in [1.807, 2.05) is 0 Å². The summed E-state index contributed by atoms with van der Waals surface area (Å²) in [5.41, 5.74) is 0. The Hall–Kier alpha value is -1.06. The Labute approximate surface area is 700 Å². The predicted molar refractivity (Wildman–Crippen MR) is 522 cm³/mol. The molecular formula is C104H240O4. The molecule has 0 N–H and O–H groups in total. The van der Waals surface area contributed by atoms with Gasteiger partial charge in [-0.1, -0.05) is 632 Å². The first-order chi connectivity index (χ1) is 52.2. The van der Waals surface area contributed by atoms with E-state index in [1.165, 1.54) is 425 Å². The molecule has 0 aromatic heterocycles. The van der Waals surface area contributed by atoms with Crippen LogP contribution in [0.15, 0.2) is 0 Å². The Morgan fingerprint density at radius 1 is 0.120 bits per heavy atom. The summed E-state index contributed by atoms with van der Waals surface area (Å²) in [6.45, 7) is 78.7. The number of carbonyl (C=O) groups is 2. The van der Waals surface area contributed by atoms with Gasteiger partial charge in [0.1, 0.15) is 0 Å². The first-order valence-corrected chi connectivity index (χ1v) is 50.4. The second-order valence-electron chi connectivity index (χ2n) is 29.2. The number of ether oxygens (including phenoxy) is 2. The molecule has 0 aliphatic heterocycles. The molecule has 0 unspecified atom stereocenters. The van der Waals surface area contributed by atoms with Gasteiger partial charge in [0, 0.05) is 13.8 Å². The minimum absolute atomic E-state index is 0.211. The van der Waals surface area contributed by atoms with Gasteiger partial charge in [0.15, 0.2) is 0 Å². The molecule has 4 nitrogen and oxygen atoms in total. The van der Waals surface area contributed by atoms with Crippen molar-refractivity contribution in [1.29, 1.82) is 0 Å². The summed E-state index contributed by atoms with van der Waals surface area (Å²) in [5.74, 6) is -0.421. The largest absolute Gasteiger partial charge is 0.466 e. The molecule has 0 atom stereocenters. The van der Waals surface area contributed by atoms with E-state index in [9.17, 15) is 9.59 Å². The third-order valence-electron chi connectivity index (χ3n) is 16.0. The van der Waals surface area contributed by atoms with Gasteiger partial charge in [-0.15, -0.1) is 0 Å². The van der Waals surface area contributed by atoms with Crippen LogP contribution in [0.4, 0.5) is 0 Å². The van der Waals surface area contributed by atoms with Crippen LogP contribution in [0.5, 0.6) is 0 Å². The predicted octanol–water partition coefficient (Wildman–Crippen LogP) is 42.5. The van der Waals surface area contributed by atoms with Gasteiger partial charge < -0.3 is 9.47 Å². The standard InChI is InChI=1S/16C6H14.2C4H8O2/c16*1-3-5-6-4-2;2*1-3-6-4(2)5/h16*3-6H2,1-2H3;2*3H2,1-2H3. The zero-order valence-corrected chi connectivity index (χ0v) is 85.3. The van der Waals surface area contributed by atoms with Gasteiger partial charge in [-0.2, -0.15) is 0 Å². The maximum atomic E-state index is 9.82. The molecular weight excluding hydrogens is 1310 g/mol. The van der Waals surface area contributed by atoms with Crippen molar-refractivity contribution in [2.45, 2.75) is 660 Å². The fourth-order valence-corrected chi connectivity index (χ4v) is 8.41. The highest BCUT2D eigenvalue weighted by Crippen LogP contribution is 2.03.